The first-order valence-electron chi connectivity index (χ1n) is 12.0. The second-order valence-corrected chi connectivity index (χ2v) is 9.91. The van der Waals surface area contributed by atoms with Gasteiger partial charge in [-0.05, 0) is 62.4 Å². The van der Waals surface area contributed by atoms with E-state index in [4.69, 9.17) is 27.9 Å². The van der Waals surface area contributed by atoms with Gasteiger partial charge in [-0.2, -0.15) is 0 Å². The van der Waals surface area contributed by atoms with Crippen LogP contribution >= 0.6 is 23.2 Å². The van der Waals surface area contributed by atoms with Crippen molar-refractivity contribution in [1.82, 2.24) is 10.2 Å². The monoisotopic (exact) mass is 504 g/mol. The smallest absolute Gasteiger partial charge is 0.261 e. The number of amides is 2. The third-order valence-electron chi connectivity index (χ3n) is 6.36. The van der Waals surface area contributed by atoms with Gasteiger partial charge < -0.3 is 15.0 Å². The molecule has 2 aromatic rings. The molecule has 1 atom stereocenters. The highest BCUT2D eigenvalue weighted by molar-refractivity contribution is 6.42. The maximum absolute atomic E-state index is 13.4. The van der Waals surface area contributed by atoms with Crippen molar-refractivity contribution in [2.75, 3.05) is 6.61 Å². The molecular weight excluding hydrogens is 471 g/mol. The Bertz CT molecular complexity index is 1010. The van der Waals surface area contributed by atoms with Gasteiger partial charge in [-0.15, -0.1) is 0 Å². The molecule has 34 heavy (non-hydrogen) atoms. The molecule has 1 aliphatic carbocycles. The lowest BCUT2D eigenvalue weighted by Gasteiger charge is -2.32. The first-order chi connectivity index (χ1) is 16.3. The van der Waals surface area contributed by atoms with Crippen LogP contribution in [0.3, 0.4) is 0 Å². The van der Waals surface area contributed by atoms with Crippen LogP contribution < -0.4 is 10.1 Å². The Balaban J connectivity index is 1.79. The van der Waals surface area contributed by atoms with E-state index in [1.807, 2.05) is 45.0 Å². The van der Waals surface area contributed by atoms with E-state index in [-0.39, 0.29) is 31.0 Å². The lowest BCUT2D eigenvalue weighted by atomic mass is 9.95. The van der Waals surface area contributed by atoms with E-state index in [0.717, 1.165) is 42.4 Å². The summed E-state index contributed by atoms with van der Waals surface area (Å²) in [5.41, 5.74) is 2.90. The Hall–Kier alpha value is -2.24. The fraction of sp³-hybridized carbons (Fsp3) is 0.481. The SMILES string of the molecule is CC[C@@H](C(=O)NC1CCCCC1)N(Cc1ccc(Cl)c(Cl)c1)C(=O)COc1ccc(C)cc1C. The number of benzene rings is 2. The Morgan fingerprint density at radius 2 is 1.79 bits per heavy atom. The Labute approximate surface area is 212 Å². The number of hydrogen-bond acceptors (Lipinski definition) is 3. The third kappa shape index (κ3) is 7.13. The summed E-state index contributed by atoms with van der Waals surface area (Å²) < 4.78 is 5.87. The number of aryl methyl sites for hydroxylation is 2. The molecule has 1 saturated carbocycles. The molecule has 0 aromatic heterocycles. The molecule has 0 unspecified atom stereocenters. The van der Waals surface area contributed by atoms with E-state index in [1.165, 1.54) is 6.42 Å². The van der Waals surface area contributed by atoms with Gasteiger partial charge in [-0.25, -0.2) is 0 Å². The molecular formula is C27H34Cl2N2O3. The van der Waals surface area contributed by atoms with Crippen LogP contribution in [0.25, 0.3) is 0 Å². The van der Waals surface area contributed by atoms with Gasteiger partial charge in [-0.3, -0.25) is 9.59 Å². The summed E-state index contributed by atoms with van der Waals surface area (Å²) in [7, 11) is 0. The third-order valence-corrected chi connectivity index (χ3v) is 7.10. The van der Waals surface area contributed by atoms with E-state index >= 15 is 0 Å². The van der Waals surface area contributed by atoms with Crippen molar-refractivity contribution < 1.29 is 14.3 Å². The number of hydrogen-bond donors (Lipinski definition) is 1. The molecule has 184 valence electrons. The molecule has 5 nitrogen and oxygen atoms in total. The first kappa shape index (κ1) is 26.4. The molecule has 0 aliphatic heterocycles. The highest BCUT2D eigenvalue weighted by Crippen LogP contribution is 2.25. The molecule has 2 amide bonds. The molecule has 1 fully saturated rings. The summed E-state index contributed by atoms with van der Waals surface area (Å²) in [5.74, 6) is 0.291. The quantitative estimate of drug-likeness (QED) is 0.439. The first-order valence-corrected chi connectivity index (χ1v) is 12.8. The number of carbonyl (C=O) groups is 2. The van der Waals surface area contributed by atoms with Gasteiger partial charge in [0.2, 0.25) is 5.91 Å². The van der Waals surface area contributed by atoms with Crippen LogP contribution in [0.5, 0.6) is 5.75 Å². The van der Waals surface area contributed by atoms with Crippen molar-refractivity contribution in [3.05, 3.63) is 63.1 Å². The van der Waals surface area contributed by atoms with Gasteiger partial charge >= 0.3 is 0 Å². The molecule has 1 aliphatic rings. The van der Waals surface area contributed by atoms with Gasteiger partial charge in [0.1, 0.15) is 11.8 Å². The number of nitrogens with one attached hydrogen (secondary N) is 1. The van der Waals surface area contributed by atoms with E-state index in [0.29, 0.717) is 22.2 Å². The predicted molar refractivity (Wildman–Crippen MR) is 138 cm³/mol. The number of carbonyl (C=O) groups excluding carboxylic acids is 2. The minimum absolute atomic E-state index is 0.116. The van der Waals surface area contributed by atoms with Gasteiger partial charge in [0.15, 0.2) is 6.61 Å². The maximum atomic E-state index is 13.4. The number of rotatable bonds is 9. The van der Waals surface area contributed by atoms with Crippen molar-refractivity contribution in [2.45, 2.75) is 77.9 Å². The number of halogens is 2. The Morgan fingerprint density at radius 3 is 2.44 bits per heavy atom. The molecule has 0 bridgehead atoms. The van der Waals surface area contributed by atoms with Crippen molar-refractivity contribution in [1.29, 1.82) is 0 Å². The van der Waals surface area contributed by atoms with E-state index in [1.54, 1.807) is 17.0 Å². The van der Waals surface area contributed by atoms with Crippen LogP contribution in [0.1, 0.15) is 62.1 Å². The average Bonchev–Trinajstić information content (AvgIpc) is 2.81. The van der Waals surface area contributed by atoms with E-state index in [2.05, 4.69) is 5.32 Å². The molecule has 0 heterocycles. The van der Waals surface area contributed by atoms with Crippen molar-refractivity contribution in [2.24, 2.45) is 0 Å². The second-order valence-electron chi connectivity index (χ2n) is 9.10. The number of nitrogens with zero attached hydrogens (tertiary/aromatic N) is 1. The van der Waals surface area contributed by atoms with E-state index in [9.17, 15) is 9.59 Å². The van der Waals surface area contributed by atoms with Crippen LogP contribution in [0.2, 0.25) is 10.0 Å². The summed E-state index contributed by atoms with van der Waals surface area (Å²) in [6.07, 6.45) is 5.92. The summed E-state index contributed by atoms with van der Waals surface area (Å²) >= 11 is 12.3. The zero-order chi connectivity index (χ0) is 24.7. The summed E-state index contributed by atoms with van der Waals surface area (Å²) in [6, 6.07) is 10.7. The summed E-state index contributed by atoms with van der Waals surface area (Å²) in [4.78, 5) is 28.3. The fourth-order valence-electron chi connectivity index (χ4n) is 4.48. The van der Waals surface area contributed by atoms with Gasteiger partial charge in [0, 0.05) is 12.6 Å². The largest absolute Gasteiger partial charge is 0.483 e. The molecule has 2 aromatic carbocycles. The minimum atomic E-state index is -0.605. The average molecular weight is 505 g/mol. The molecule has 7 heteroatoms. The molecule has 0 radical (unpaired) electrons. The van der Waals surface area contributed by atoms with Gasteiger partial charge in [-0.1, -0.05) is 73.2 Å². The van der Waals surface area contributed by atoms with Crippen LogP contribution in [0, 0.1) is 13.8 Å². The summed E-state index contributed by atoms with van der Waals surface area (Å²) in [6.45, 7) is 5.97. The normalized spacial score (nSPS) is 15.0. The minimum Gasteiger partial charge on any atom is -0.483 e. The van der Waals surface area contributed by atoms with Crippen molar-refractivity contribution in [3.8, 4) is 5.75 Å². The summed E-state index contributed by atoms with van der Waals surface area (Å²) in [5, 5.41) is 4.04. The van der Waals surface area contributed by atoms with Crippen LogP contribution in [0.4, 0.5) is 0 Å². The highest BCUT2D eigenvalue weighted by Gasteiger charge is 2.30. The van der Waals surface area contributed by atoms with Crippen LogP contribution in [-0.2, 0) is 16.1 Å². The van der Waals surface area contributed by atoms with Gasteiger partial charge in [0.25, 0.3) is 5.91 Å². The van der Waals surface area contributed by atoms with E-state index < -0.39 is 6.04 Å². The molecule has 1 N–H and O–H groups in total. The van der Waals surface area contributed by atoms with Crippen molar-refractivity contribution in [3.63, 3.8) is 0 Å². The Morgan fingerprint density at radius 1 is 1.06 bits per heavy atom. The zero-order valence-corrected chi connectivity index (χ0v) is 21.7. The van der Waals surface area contributed by atoms with Crippen LogP contribution in [0.15, 0.2) is 36.4 Å². The fourth-order valence-corrected chi connectivity index (χ4v) is 4.80. The molecule has 3 rings (SSSR count). The highest BCUT2D eigenvalue weighted by atomic mass is 35.5. The second kappa shape index (κ2) is 12.5. The van der Waals surface area contributed by atoms with Gasteiger partial charge in [0.05, 0.1) is 10.0 Å². The van der Waals surface area contributed by atoms with Crippen LogP contribution in [-0.4, -0.2) is 35.4 Å². The standard InChI is InChI=1S/C27H34Cl2N2O3/c1-4-24(27(33)30-21-8-6-5-7-9-21)31(16-20-11-12-22(28)23(29)15-20)26(32)17-34-25-13-10-18(2)14-19(25)3/h10-15,21,24H,4-9,16-17H2,1-3H3,(H,30,33)/t24-/m0/s1. The predicted octanol–water partition coefficient (Wildman–Crippen LogP) is 6.25. The Kier molecular flexibility index (Phi) is 9.66. The molecule has 0 saturated heterocycles. The topological polar surface area (TPSA) is 58.6 Å². The lowest BCUT2D eigenvalue weighted by molar-refractivity contribution is -0.143. The molecule has 0 spiro atoms. The maximum Gasteiger partial charge on any atom is 0.261 e. The van der Waals surface area contributed by atoms with Crippen molar-refractivity contribution >= 4 is 35.0 Å². The zero-order valence-electron chi connectivity index (χ0n) is 20.2. The lowest BCUT2D eigenvalue weighted by Crippen LogP contribution is -2.52. The number of ether oxygens (including phenoxy) is 1.